The summed E-state index contributed by atoms with van der Waals surface area (Å²) < 4.78 is 6.87. The van der Waals surface area contributed by atoms with Crippen molar-refractivity contribution in [3.8, 4) is 0 Å². The van der Waals surface area contributed by atoms with E-state index in [1.165, 1.54) is 0 Å². The van der Waals surface area contributed by atoms with Crippen molar-refractivity contribution in [2.45, 2.75) is 12.8 Å². The van der Waals surface area contributed by atoms with Crippen LogP contribution >= 0.6 is 0 Å². The van der Waals surface area contributed by atoms with E-state index < -0.39 is 0 Å². The lowest BCUT2D eigenvalue weighted by atomic mass is 10.0. The van der Waals surface area contributed by atoms with Gasteiger partial charge in [0, 0.05) is 32.0 Å². The minimum atomic E-state index is -0.0555. The van der Waals surface area contributed by atoms with Crippen LogP contribution in [0.4, 0.5) is 5.82 Å². The van der Waals surface area contributed by atoms with Crippen molar-refractivity contribution in [1.29, 1.82) is 0 Å². The highest BCUT2D eigenvalue weighted by Gasteiger charge is 2.13. The quantitative estimate of drug-likeness (QED) is 0.908. The first-order valence-electron chi connectivity index (χ1n) is 6.63. The van der Waals surface area contributed by atoms with E-state index in [1.54, 1.807) is 16.7 Å². The fraction of sp³-hybridized carbons (Fsp3) is 0.429. The van der Waals surface area contributed by atoms with E-state index in [9.17, 15) is 4.79 Å². The van der Waals surface area contributed by atoms with Crippen molar-refractivity contribution >= 4 is 11.5 Å². The molecule has 0 unspecified atom stereocenters. The molecule has 0 bridgehead atoms. The molecule has 3 heterocycles. The van der Waals surface area contributed by atoms with Crippen molar-refractivity contribution in [2.75, 3.05) is 25.1 Å². The molecule has 0 saturated carbocycles. The van der Waals surface area contributed by atoms with Gasteiger partial charge in [-0.3, -0.25) is 9.20 Å². The van der Waals surface area contributed by atoms with Crippen LogP contribution < -0.4 is 10.9 Å². The molecule has 19 heavy (non-hydrogen) atoms. The van der Waals surface area contributed by atoms with Gasteiger partial charge in [-0.15, -0.1) is 0 Å². The lowest BCUT2D eigenvalue weighted by molar-refractivity contribution is 0.0699. The van der Waals surface area contributed by atoms with Gasteiger partial charge in [-0.2, -0.15) is 0 Å². The number of pyridine rings is 1. The Hall–Kier alpha value is -1.88. The summed E-state index contributed by atoms with van der Waals surface area (Å²) in [5.74, 6) is 1.26. The average Bonchev–Trinajstić information content (AvgIpc) is 2.46. The van der Waals surface area contributed by atoms with Crippen molar-refractivity contribution in [2.24, 2.45) is 5.92 Å². The maximum atomic E-state index is 11.9. The second-order valence-corrected chi connectivity index (χ2v) is 4.85. The fourth-order valence-corrected chi connectivity index (χ4v) is 2.34. The van der Waals surface area contributed by atoms with Crippen molar-refractivity contribution in [3.63, 3.8) is 0 Å². The molecular weight excluding hydrogens is 242 g/mol. The molecule has 0 radical (unpaired) electrons. The van der Waals surface area contributed by atoms with Gasteiger partial charge >= 0.3 is 0 Å². The Bertz CT molecular complexity index is 617. The van der Waals surface area contributed by atoms with E-state index >= 15 is 0 Å². The fourth-order valence-electron chi connectivity index (χ4n) is 2.34. The monoisotopic (exact) mass is 259 g/mol. The second-order valence-electron chi connectivity index (χ2n) is 4.85. The molecule has 1 aliphatic heterocycles. The van der Waals surface area contributed by atoms with Crippen molar-refractivity contribution < 1.29 is 4.74 Å². The van der Waals surface area contributed by atoms with Crippen LogP contribution in [-0.2, 0) is 4.74 Å². The van der Waals surface area contributed by atoms with Gasteiger partial charge in [0.15, 0.2) is 0 Å². The van der Waals surface area contributed by atoms with Gasteiger partial charge in [-0.05, 0) is 30.9 Å². The lowest BCUT2D eigenvalue weighted by Crippen LogP contribution is -2.24. The number of anilines is 1. The number of aromatic nitrogens is 2. The molecule has 5 nitrogen and oxygen atoms in total. The van der Waals surface area contributed by atoms with E-state index in [0.717, 1.165) is 32.6 Å². The van der Waals surface area contributed by atoms with Gasteiger partial charge in [0.25, 0.3) is 5.56 Å². The molecule has 0 aliphatic carbocycles. The molecule has 1 aliphatic rings. The normalized spacial score (nSPS) is 16.6. The zero-order chi connectivity index (χ0) is 13.1. The summed E-state index contributed by atoms with van der Waals surface area (Å²) >= 11 is 0. The Morgan fingerprint density at radius 1 is 1.37 bits per heavy atom. The Morgan fingerprint density at radius 2 is 2.21 bits per heavy atom. The van der Waals surface area contributed by atoms with E-state index in [-0.39, 0.29) is 5.56 Å². The molecule has 5 heteroatoms. The van der Waals surface area contributed by atoms with Gasteiger partial charge in [-0.1, -0.05) is 6.07 Å². The third-order valence-corrected chi connectivity index (χ3v) is 3.48. The van der Waals surface area contributed by atoms with Gasteiger partial charge in [-0.25, -0.2) is 4.98 Å². The SMILES string of the molecule is O=c1cc(NCC2CCOCC2)nc2ccccn12. The summed E-state index contributed by atoms with van der Waals surface area (Å²) in [5, 5.41) is 3.27. The smallest absolute Gasteiger partial charge is 0.259 e. The molecule has 2 aromatic rings. The zero-order valence-corrected chi connectivity index (χ0v) is 10.7. The average molecular weight is 259 g/mol. The molecule has 0 spiro atoms. The Balaban J connectivity index is 1.75. The molecule has 1 fully saturated rings. The van der Waals surface area contributed by atoms with Gasteiger partial charge in [0.05, 0.1) is 0 Å². The van der Waals surface area contributed by atoms with Gasteiger partial charge in [0.2, 0.25) is 0 Å². The standard InChI is InChI=1S/C14H17N3O2/c18-14-9-12(15-10-11-4-7-19-8-5-11)16-13-3-1-2-6-17(13)14/h1-3,6,9,11,15H,4-5,7-8,10H2. The summed E-state index contributed by atoms with van der Waals surface area (Å²) in [6, 6.07) is 7.09. The first-order chi connectivity index (χ1) is 9.33. The van der Waals surface area contributed by atoms with E-state index in [4.69, 9.17) is 4.74 Å². The third-order valence-electron chi connectivity index (χ3n) is 3.48. The summed E-state index contributed by atoms with van der Waals surface area (Å²) in [4.78, 5) is 16.4. The number of hydrogen-bond acceptors (Lipinski definition) is 4. The van der Waals surface area contributed by atoms with Gasteiger partial charge < -0.3 is 10.1 Å². The highest BCUT2D eigenvalue weighted by atomic mass is 16.5. The highest BCUT2D eigenvalue weighted by Crippen LogP contribution is 2.15. The molecule has 2 aromatic heterocycles. The van der Waals surface area contributed by atoms with Crippen LogP contribution in [0.15, 0.2) is 35.3 Å². The first kappa shape index (κ1) is 12.2. The summed E-state index contributed by atoms with van der Waals surface area (Å²) in [6.07, 6.45) is 3.87. The van der Waals surface area contributed by atoms with Crippen LogP contribution in [0.25, 0.3) is 5.65 Å². The molecule has 0 atom stereocenters. The number of nitrogens with zero attached hydrogens (tertiary/aromatic N) is 2. The molecule has 3 rings (SSSR count). The number of nitrogens with one attached hydrogen (secondary N) is 1. The van der Waals surface area contributed by atoms with Crippen LogP contribution in [-0.4, -0.2) is 29.1 Å². The molecule has 0 amide bonds. The summed E-state index contributed by atoms with van der Waals surface area (Å²) in [7, 11) is 0. The largest absolute Gasteiger partial charge is 0.381 e. The zero-order valence-electron chi connectivity index (χ0n) is 10.7. The second kappa shape index (κ2) is 5.40. The Labute approximate surface area is 111 Å². The molecule has 0 aromatic carbocycles. The van der Waals surface area contributed by atoms with E-state index in [0.29, 0.717) is 17.4 Å². The third kappa shape index (κ3) is 2.76. The van der Waals surface area contributed by atoms with E-state index in [1.807, 2.05) is 18.2 Å². The predicted octanol–water partition coefficient (Wildman–Crippen LogP) is 1.53. The number of fused-ring (bicyclic) bond motifs is 1. The van der Waals surface area contributed by atoms with Crippen LogP contribution in [0, 0.1) is 5.92 Å². The minimum absolute atomic E-state index is 0.0555. The maximum Gasteiger partial charge on any atom is 0.259 e. The molecule has 100 valence electrons. The molecular formula is C14H17N3O2. The van der Waals surface area contributed by atoms with Crippen LogP contribution in [0.3, 0.4) is 0 Å². The van der Waals surface area contributed by atoms with Crippen LogP contribution in [0.2, 0.25) is 0 Å². The molecule has 1 saturated heterocycles. The highest BCUT2D eigenvalue weighted by molar-refractivity contribution is 5.46. The minimum Gasteiger partial charge on any atom is -0.381 e. The van der Waals surface area contributed by atoms with Crippen molar-refractivity contribution in [1.82, 2.24) is 9.38 Å². The number of ether oxygens (including phenoxy) is 1. The topological polar surface area (TPSA) is 55.6 Å². The first-order valence-corrected chi connectivity index (χ1v) is 6.63. The van der Waals surface area contributed by atoms with Crippen molar-refractivity contribution in [3.05, 3.63) is 40.8 Å². The Kier molecular flexibility index (Phi) is 3.46. The van der Waals surface area contributed by atoms with Crippen LogP contribution in [0.1, 0.15) is 12.8 Å². The summed E-state index contributed by atoms with van der Waals surface area (Å²) in [5.41, 5.74) is 0.615. The lowest BCUT2D eigenvalue weighted by Gasteiger charge is -2.22. The predicted molar refractivity (Wildman–Crippen MR) is 73.5 cm³/mol. The van der Waals surface area contributed by atoms with Crippen LogP contribution in [0.5, 0.6) is 0 Å². The summed E-state index contributed by atoms with van der Waals surface area (Å²) in [6.45, 7) is 2.51. The number of hydrogen-bond donors (Lipinski definition) is 1. The van der Waals surface area contributed by atoms with Gasteiger partial charge in [0.1, 0.15) is 11.5 Å². The Morgan fingerprint density at radius 3 is 3.05 bits per heavy atom. The maximum absolute atomic E-state index is 11.9. The number of rotatable bonds is 3. The van der Waals surface area contributed by atoms with E-state index in [2.05, 4.69) is 10.3 Å². The molecule has 1 N–H and O–H groups in total.